The predicted molar refractivity (Wildman–Crippen MR) is 78.9 cm³/mol. The minimum atomic E-state index is -0.688. The molecule has 2 aromatic rings. The lowest BCUT2D eigenvalue weighted by molar-refractivity contribution is 0.102. The van der Waals surface area contributed by atoms with Crippen LogP contribution in [-0.2, 0) is 0 Å². The third-order valence-corrected chi connectivity index (χ3v) is 2.70. The Hall–Kier alpha value is -2.43. The molecular weight excluding hydrogens is 271 g/mol. The number of benzene rings is 1. The molecule has 2 rings (SSSR count). The van der Waals surface area contributed by atoms with E-state index in [9.17, 15) is 9.18 Å². The molecule has 0 radical (unpaired) electrons. The fourth-order valence-corrected chi connectivity index (χ4v) is 1.69. The van der Waals surface area contributed by atoms with Gasteiger partial charge < -0.3 is 10.1 Å². The van der Waals surface area contributed by atoms with Crippen LogP contribution in [0.25, 0.3) is 0 Å². The summed E-state index contributed by atoms with van der Waals surface area (Å²) in [6.07, 6.45) is 1.26. The third kappa shape index (κ3) is 4.27. The number of para-hydroxylation sites is 2. The smallest absolute Gasteiger partial charge is 0.255 e. The zero-order valence-corrected chi connectivity index (χ0v) is 12.0. The fourth-order valence-electron chi connectivity index (χ4n) is 1.69. The van der Waals surface area contributed by atoms with Gasteiger partial charge in [-0.05, 0) is 24.1 Å². The van der Waals surface area contributed by atoms with E-state index in [4.69, 9.17) is 4.74 Å². The number of hydrogen-bond donors (Lipinski definition) is 1. The van der Waals surface area contributed by atoms with Gasteiger partial charge in [-0.1, -0.05) is 26.0 Å². The fraction of sp³-hybridized carbons (Fsp3) is 0.250. The molecule has 0 spiro atoms. The van der Waals surface area contributed by atoms with E-state index < -0.39 is 11.9 Å². The molecule has 0 saturated carbocycles. The molecule has 1 aromatic heterocycles. The van der Waals surface area contributed by atoms with Crippen molar-refractivity contribution in [1.29, 1.82) is 0 Å². The highest BCUT2D eigenvalue weighted by molar-refractivity contribution is 6.04. The van der Waals surface area contributed by atoms with Crippen LogP contribution in [0.4, 0.5) is 10.1 Å². The third-order valence-electron chi connectivity index (χ3n) is 2.70. The Balaban J connectivity index is 2.13. The van der Waals surface area contributed by atoms with Crippen LogP contribution in [0.1, 0.15) is 24.2 Å². The molecule has 0 unspecified atom stereocenters. The maximum absolute atomic E-state index is 13.0. The van der Waals surface area contributed by atoms with E-state index in [1.807, 2.05) is 19.9 Å². The molecule has 1 amide bonds. The summed E-state index contributed by atoms with van der Waals surface area (Å²) in [7, 11) is 0. The number of ether oxygens (including phenoxy) is 1. The molecule has 110 valence electrons. The van der Waals surface area contributed by atoms with Gasteiger partial charge in [0.25, 0.3) is 5.91 Å². The summed E-state index contributed by atoms with van der Waals surface area (Å²) in [4.78, 5) is 15.5. The number of carbonyl (C=O) groups excluding carboxylic acids is 1. The maximum Gasteiger partial charge on any atom is 0.255 e. The topological polar surface area (TPSA) is 51.2 Å². The van der Waals surface area contributed by atoms with Gasteiger partial charge in [0.2, 0.25) is 5.95 Å². The Kier molecular flexibility index (Phi) is 4.87. The molecule has 0 saturated heterocycles. The van der Waals surface area contributed by atoms with Gasteiger partial charge in [-0.25, -0.2) is 4.98 Å². The monoisotopic (exact) mass is 288 g/mol. The molecule has 21 heavy (non-hydrogen) atoms. The second-order valence-corrected chi connectivity index (χ2v) is 5.02. The van der Waals surface area contributed by atoms with Crippen LogP contribution in [0.15, 0.2) is 42.6 Å². The number of nitrogens with zero attached hydrogens (tertiary/aromatic N) is 1. The van der Waals surface area contributed by atoms with Gasteiger partial charge in [0, 0.05) is 17.8 Å². The van der Waals surface area contributed by atoms with Crippen LogP contribution in [0.5, 0.6) is 5.75 Å². The van der Waals surface area contributed by atoms with Crippen molar-refractivity contribution in [2.24, 2.45) is 5.92 Å². The first-order chi connectivity index (χ1) is 10.1. The standard InChI is InChI=1S/C16H17FN2O2/c1-11(2)10-21-14-6-4-3-5-13(14)19-16(20)12-7-8-18-15(17)9-12/h3-9,11H,10H2,1-2H3,(H,19,20). The number of amides is 1. The molecule has 1 N–H and O–H groups in total. The van der Waals surface area contributed by atoms with E-state index in [2.05, 4.69) is 10.3 Å². The molecular formula is C16H17FN2O2. The van der Waals surface area contributed by atoms with Crippen LogP contribution in [-0.4, -0.2) is 17.5 Å². The SMILES string of the molecule is CC(C)COc1ccccc1NC(=O)c1ccnc(F)c1. The van der Waals surface area contributed by atoms with Crippen LogP contribution in [0, 0.1) is 11.9 Å². The molecule has 0 aliphatic carbocycles. The summed E-state index contributed by atoms with van der Waals surface area (Å²) in [6, 6.07) is 9.70. The minimum absolute atomic E-state index is 0.209. The Morgan fingerprint density at radius 2 is 2.10 bits per heavy atom. The van der Waals surface area contributed by atoms with E-state index in [1.54, 1.807) is 18.2 Å². The predicted octanol–water partition coefficient (Wildman–Crippen LogP) is 3.51. The number of halogens is 1. The molecule has 0 aliphatic heterocycles. The summed E-state index contributed by atoms with van der Waals surface area (Å²) in [5.74, 6) is -0.124. The Morgan fingerprint density at radius 3 is 2.81 bits per heavy atom. The molecule has 4 nitrogen and oxygen atoms in total. The lowest BCUT2D eigenvalue weighted by atomic mass is 10.2. The number of pyridine rings is 1. The number of nitrogens with one attached hydrogen (secondary N) is 1. The molecule has 0 bridgehead atoms. The van der Waals surface area contributed by atoms with Crippen molar-refractivity contribution in [3.8, 4) is 5.75 Å². The number of hydrogen-bond acceptors (Lipinski definition) is 3. The summed E-state index contributed by atoms with van der Waals surface area (Å²) in [5, 5.41) is 2.72. The van der Waals surface area contributed by atoms with E-state index in [0.29, 0.717) is 24.0 Å². The van der Waals surface area contributed by atoms with Crippen molar-refractivity contribution in [2.75, 3.05) is 11.9 Å². The molecule has 1 heterocycles. The number of rotatable bonds is 5. The lowest BCUT2D eigenvalue weighted by Crippen LogP contribution is -2.14. The van der Waals surface area contributed by atoms with Crippen molar-refractivity contribution in [3.05, 3.63) is 54.1 Å². The summed E-state index contributed by atoms with van der Waals surface area (Å²) in [5.41, 5.74) is 0.765. The quantitative estimate of drug-likeness (QED) is 0.857. The average molecular weight is 288 g/mol. The molecule has 0 atom stereocenters. The minimum Gasteiger partial charge on any atom is -0.491 e. The van der Waals surface area contributed by atoms with Gasteiger partial charge in [-0.3, -0.25) is 4.79 Å². The van der Waals surface area contributed by atoms with Crippen LogP contribution >= 0.6 is 0 Å². The largest absolute Gasteiger partial charge is 0.491 e. The second-order valence-electron chi connectivity index (χ2n) is 5.02. The van der Waals surface area contributed by atoms with Gasteiger partial charge in [0.15, 0.2) is 0 Å². The summed E-state index contributed by atoms with van der Waals surface area (Å²) >= 11 is 0. The number of aromatic nitrogens is 1. The zero-order chi connectivity index (χ0) is 15.2. The number of anilines is 1. The number of carbonyl (C=O) groups is 1. The van der Waals surface area contributed by atoms with Crippen molar-refractivity contribution >= 4 is 11.6 Å². The van der Waals surface area contributed by atoms with Crippen LogP contribution in [0.2, 0.25) is 0 Å². The van der Waals surface area contributed by atoms with Gasteiger partial charge in [0.1, 0.15) is 5.75 Å². The van der Waals surface area contributed by atoms with E-state index in [-0.39, 0.29) is 5.56 Å². The first-order valence-corrected chi connectivity index (χ1v) is 6.71. The molecule has 0 fully saturated rings. The lowest BCUT2D eigenvalue weighted by Gasteiger charge is -2.13. The first-order valence-electron chi connectivity index (χ1n) is 6.71. The zero-order valence-electron chi connectivity index (χ0n) is 12.0. The van der Waals surface area contributed by atoms with E-state index in [1.165, 1.54) is 12.3 Å². The maximum atomic E-state index is 13.0. The highest BCUT2D eigenvalue weighted by atomic mass is 19.1. The average Bonchev–Trinajstić information content (AvgIpc) is 2.46. The van der Waals surface area contributed by atoms with Crippen LogP contribution in [0.3, 0.4) is 0 Å². The van der Waals surface area contributed by atoms with Gasteiger partial charge in [-0.2, -0.15) is 4.39 Å². The van der Waals surface area contributed by atoms with Crippen molar-refractivity contribution in [3.63, 3.8) is 0 Å². The van der Waals surface area contributed by atoms with E-state index >= 15 is 0 Å². The normalized spacial score (nSPS) is 10.5. The second kappa shape index (κ2) is 6.83. The molecule has 1 aromatic carbocycles. The van der Waals surface area contributed by atoms with Crippen LogP contribution < -0.4 is 10.1 Å². The van der Waals surface area contributed by atoms with Gasteiger partial charge in [-0.15, -0.1) is 0 Å². The molecule has 5 heteroatoms. The Morgan fingerprint density at radius 1 is 1.33 bits per heavy atom. The van der Waals surface area contributed by atoms with Crippen molar-refractivity contribution in [1.82, 2.24) is 4.98 Å². The molecule has 0 aliphatic rings. The highest BCUT2D eigenvalue weighted by Crippen LogP contribution is 2.24. The Labute approximate surface area is 123 Å². The summed E-state index contributed by atoms with van der Waals surface area (Å²) < 4.78 is 18.7. The van der Waals surface area contributed by atoms with Crippen molar-refractivity contribution in [2.45, 2.75) is 13.8 Å². The van der Waals surface area contributed by atoms with E-state index in [0.717, 1.165) is 6.07 Å². The Bertz CT molecular complexity index is 629. The summed E-state index contributed by atoms with van der Waals surface area (Å²) in [6.45, 7) is 4.64. The van der Waals surface area contributed by atoms with Gasteiger partial charge in [0.05, 0.1) is 12.3 Å². The van der Waals surface area contributed by atoms with Crippen molar-refractivity contribution < 1.29 is 13.9 Å². The highest BCUT2D eigenvalue weighted by Gasteiger charge is 2.11. The van der Waals surface area contributed by atoms with Gasteiger partial charge >= 0.3 is 0 Å². The first kappa shape index (κ1) is 15.0.